The molecule has 10 heteroatoms. The summed E-state index contributed by atoms with van der Waals surface area (Å²) in [6, 6.07) is 19.6. The monoisotopic (exact) mass is 544 g/mol. The number of ether oxygens (including phenoxy) is 3. The van der Waals surface area contributed by atoms with E-state index in [0.29, 0.717) is 12.2 Å². The molecule has 0 spiro atoms. The highest BCUT2D eigenvalue weighted by molar-refractivity contribution is 7.92. The molecule has 0 fully saturated rings. The Labute approximate surface area is 224 Å². The van der Waals surface area contributed by atoms with Crippen LogP contribution >= 0.6 is 0 Å². The summed E-state index contributed by atoms with van der Waals surface area (Å²) < 4.78 is 41.4. The third-order valence-electron chi connectivity index (χ3n) is 6.24. The van der Waals surface area contributed by atoms with Crippen molar-refractivity contribution in [1.82, 2.24) is 0 Å². The summed E-state index contributed by atoms with van der Waals surface area (Å²) in [6.45, 7) is -0.0787. The lowest BCUT2D eigenvalue weighted by Crippen LogP contribution is -2.38. The molecule has 3 aromatic rings. The Kier molecular flexibility index (Phi) is 10.2. The Morgan fingerprint density at radius 2 is 1.39 bits per heavy atom. The minimum absolute atomic E-state index is 0.00751. The molecule has 9 nitrogen and oxygen atoms in total. The molecule has 0 radical (unpaired) electrons. The van der Waals surface area contributed by atoms with Crippen LogP contribution in [0.4, 0.5) is 5.69 Å². The summed E-state index contributed by atoms with van der Waals surface area (Å²) in [5.74, 6) is 1.77. The first-order valence-corrected chi connectivity index (χ1v) is 14.1. The van der Waals surface area contributed by atoms with Gasteiger partial charge in [0.05, 0.1) is 26.2 Å². The highest BCUT2D eigenvalue weighted by Gasteiger charge is 2.19. The fraction of sp³-hybridized carbons (Fsp3) is 0.357. The second-order valence-corrected chi connectivity index (χ2v) is 10.9. The molecule has 0 aromatic heterocycles. The lowest BCUT2D eigenvalue weighted by molar-refractivity contribution is 0.0817. The lowest BCUT2D eigenvalue weighted by Gasteiger charge is -2.22. The maximum Gasteiger partial charge on any atom is 0.229 e. The van der Waals surface area contributed by atoms with Crippen LogP contribution in [0.5, 0.6) is 23.0 Å². The van der Waals surface area contributed by atoms with Crippen molar-refractivity contribution >= 4 is 15.7 Å². The number of phenolic OH excluding ortho intramolecular Hbond substituents is 1. The molecule has 0 aliphatic carbocycles. The molecule has 2 atom stereocenters. The van der Waals surface area contributed by atoms with Crippen molar-refractivity contribution in [2.24, 2.45) is 5.73 Å². The van der Waals surface area contributed by atoms with Crippen molar-refractivity contribution < 1.29 is 32.8 Å². The molecule has 206 valence electrons. The molecule has 0 heterocycles. The van der Waals surface area contributed by atoms with Crippen LogP contribution in [0.2, 0.25) is 0 Å². The van der Waals surface area contributed by atoms with Gasteiger partial charge < -0.3 is 30.2 Å². The van der Waals surface area contributed by atoms with Crippen molar-refractivity contribution in [2.75, 3.05) is 31.8 Å². The van der Waals surface area contributed by atoms with E-state index in [9.17, 15) is 18.6 Å². The number of sulfonamides is 1. The van der Waals surface area contributed by atoms with Crippen LogP contribution in [-0.4, -0.2) is 57.9 Å². The van der Waals surface area contributed by atoms with Crippen LogP contribution in [0.3, 0.4) is 0 Å². The van der Waals surface area contributed by atoms with Gasteiger partial charge in [-0.2, -0.15) is 0 Å². The minimum atomic E-state index is -3.57. The van der Waals surface area contributed by atoms with Gasteiger partial charge in [0.25, 0.3) is 0 Å². The highest BCUT2D eigenvalue weighted by Crippen LogP contribution is 2.32. The average molecular weight is 545 g/mol. The fourth-order valence-electron chi connectivity index (χ4n) is 4.14. The zero-order valence-electron chi connectivity index (χ0n) is 21.8. The van der Waals surface area contributed by atoms with Gasteiger partial charge in [-0.1, -0.05) is 30.7 Å². The summed E-state index contributed by atoms with van der Waals surface area (Å²) in [4.78, 5) is 0. The number of nitrogens with two attached hydrogens (primary N) is 1. The zero-order chi connectivity index (χ0) is 27.7. The summed E-state index contributed by atoms with van der Waals surface area (Å²) in [5, 5.41) is 20.4. The van der Waals surface area contributed by atoms with Crippen LogP contribution in [0.1, 0.15) is 36.3 Å². The van der Waals surface area contributed by atoms with Gasteiger partial charge in [0, 0.05) is 18.0 Å². The number of rotatable bonds is 14. The predicted molar refractivity (Wildman–Crippen MR) is 148 cm³/mol. The van der Waals surface area contributed by atoms with E-state index < -0.39 is 22.2 Å². The van der Waals surface area contributed by atoms with Gasteiger partial charge in [-0.3, -0.25) is 4.72 Å². The zero-order valence-corrected chi connectivity index (χ0v) is 22.6. The van der Waals surface area contributed by atoms with E-state index in [1.165, 1.54) is 18.2 Å². The van der Waals surface area contributed by atoms with Gasteiger partial charge in [0.15, 0.2) is 0 Å². The van der Waals surface area contributed by atoms with Gasteiger partial charge in [-0.15, -0.1) is 0 Å². The number of aliphatic hydroxyl groups excluding tert-OH is 1. The second-order valence-electron chi connectivity index (χ2n) is 9.13. The topological polar surface area (TPSA) is 140 Å². The van der Waals surface area contributed by atoms with E-state index in [1.807, 2.05) is 24.3 Å². The molecule has 3 rings (SSSR count). The van der Waals surface area contributed by atoms with Crippen LogP contribution in [0.25, 0.3) is 0 Å². The van der Waals surface area contributed by atoms with Crippen LogP contribution < -0.4 is 24.7 Å². The van der Waals surface area contributed by atoms with Crippen molar-refractivity contribution in [1.29, 1.82) is 0 Å². The summed E-state index contributed by atoms with van der Waals surface area (Å²) in [6.07, 6.45) is 2.21. The number of anilines is 1. The van der Waals surface area contributed by atoms with Gasteiger partial charge in [-0.05, 0) is 60.4 Å². The van der Waals surface area contributed by atoms with Crippen molar-refractivity contribution in [2.45, 2.75) is 37.3 Å². The predicted octanol–water partition coefficient (Wildman–Crippen LogP) is 3.85. The Balaban J connectivity index is 1.59. The number of aliphatic hydroxyl groups is 1. The Bertz CT molecular complexity index is 1220. The molecule has 0 amide bonds. The molecular formula is C28H36N2O7S. The molecule has 1 unspecified atom stereocenters. The van der Waals surface area contributed by atoms with Gasteiger partial charge in [0.1, 0.15) is 35.7 Å². The molecule has 0 bridgehead atoms. The maximum absolute atomic E-state index is 11.5. The number of phenols is 1. The quantitative estimate of drug-likeness (QED) is 0.224. The normalized spacial score (nSPS) is 13.1. The molecule has 0 saturated heterocycles. The number of methoxy groups -OCH3 is 2. The molecule has 0 aliphatic heterocycles. The van der Waals surface area contributed by atoms with E-state index >= 15 is 0 Å². The van der Waals surface area contributed by atoms with E-state index in [4.69, 9.17) is 19.9 Å². The van der Waals surface area contributed by atoms with Crippen LogP contribution in [0, 0.1) is 0 Å². The first-order chi connectivity index (χ1) is 18.1. The van der Waals surface area contributed by atoms with E-state index in [-0.39, 0.29) is 24.0 Å². The van der Waals surface area contributed by atoms with Crippen LogP contribution in [0.15, 0.2) is 66.7 Å². The largest absolute Gasteiger partial charge is 0.506 e. The van der Waals surface area contributed by atoms with E-state index in [2.05, 4.69) is 29.0 Å². The second kappa shape index (κ2) is 13.4. The number of aromatic hydroxyl groups is 1. The van der Waals surface area contributed by atoms with Crippen molar-refractivity contribution in [3.05, 3.63) is 77.9 Å². The van der Waals surface area contributed by atoms with Crippen molar-refractivity contribution in [3.8, 4) is 23.0 Å². The third kappa shape index (κ3) is 8.54. The SMILES string of the molecule is COc1ccc(C(CCCC(N)[C@@H](O)COc2ccc(O)c(NS(C)(=O)=O)c2)c2ccc(OC)cc2)cc1. The maximum atomic E-state index is 11.5. The van der Waals surface area contributed by atoms with Crippen LogP contribution in [-0.2, 0) is 10.0 Å². The Morgan fingerprint density at radius 3 is 1.89 bits per heavy atom. The van der Waals surface area contributed by atoms with E-state index in [1.54, 1.807) is 14.2 Å². The first kappa shape index (κ1) is 29.1. The Morgan fingerprint density at radius 1 is 0.868 bits per heavy atom. The molecule has 0 aliphatic rings. The smallest absolute Gasteiger partial charge is 0.229 e. The number of benzene rings is 3. The highest BCUT2D eigenvalue weighted by atomic mass is 32.2. The van der Waals surface area contributed by atoms with Crippen molar-refractivity contribution in [3.63, 3.8) is 0 Å². The molecule has 3 aromatic carbocycles. The minimum Gasteiger partial charge on any atom is -0.506 e. The molecule has 5 N–H and O–H groups in total. The first-order valence-electron chi connectivity index (χ1n) is 12.2. The lowest BCUT2D eigenvalue weighted by atomic mass is 9.86. The fourth-order valence-corrected chi connectivity index (χ4v) is 4.70. The molecular weight excluding hydrogens is 508 g/mol. The number of hydrogen-bond donors (Lipinski definition) is 4. The van der Waals surface area contributed by atoms with E-state index in [0.717, 1.165) is 41.7 Å². The number of hydrogen-bond acceptors (Lipinski definition) is 8. The summed E-state index contributed by atoms with van der Waals surface area (Å²) >= 11 is 0. The Hall–Kier alpha value is -3.47. The average Bonchev–Trinajstić information content (AvgIpc) is 2.90. The summed E-state index contributed by atoms with van der Waals surface area (Å²) in [7, 11) is -0.297. The molecule has 38 heavy (non-hydrogen) atoms. The standard InChI is InChI=1S/C28H36N2O7S/c1-35-21-11-7-19(8-12-21)24(20-9-13-22(36-2)14-10-20)5-4-6-25(29)28(32)18-37-23-15-16-27(31)26(17-23)30-38(3,33)34/h7-17,24-25,28,30-32H,4-6,18,29H2,1-3H3/t25?,28-/m0/s1. The van der Waals surface area contributed by atoms with Gasteiger partial charge >= 0.3 is 0 Å². The van der Waals surface area contributed by atoms with Gasteiger partial charge in [0.2, 0.25) is 10.0 Å². The third-order valence-corrected chi connectivity index (χ3v) is 6.84. The molecule has 0 saturated carbocycles. The summed E-state index contributed by atoms with van der Waals surface area (Å²) in [5.41, 5.74) is 8.56. The number of nitrogens with one attached hydrogen (secondary N) is 1. The van der Waals surface area contributed by atoms with Gasteiger partial charge in [-0.25, -0.2) is 8.42 Å².